The van der Waals surface area contributed by atoms with Crippen molar-refractivity contribution in [2.75, 3.05) is 6.26 Å². The fourth-order valence-corrected chi connectivity index (χ4v) is 3.35. The number of thiophene rings is 1. The van der Waals surface area contributed by atoms with Crippen LogP contribution < -0.4 is 4.84 Å². The molecule has 2 aromatic heterocycles. The van der Waals surface area contributed by atoms with Crippen LogP contribution in [0, 0.1) is 0 Å². The number of sulfone groups is 1. The van der Waals surface area contributed by atoms with Crippen molar-refractivity contribution in [3.63, 3.8) is 0 Å². The highest BCUT2D eigenvalue weighted by molar-refractivity contribution is 7.92. The van der Waals surface area contributed by atoms with Crippen molar-refractivity contribution in [1.82, 2.24) is 20.4 Å². The molecule has 0 saturated heterocycles. The van der Waals surface area contributed by atoms with Gasteiger partial charge in [-0.3, -0.25) is 0 Å². The minimum Gasteiger partial charge on any atom is -0.316 e. The minimum atomic E-state index is -3.40. The van der Waals surface area contributed by atoms with Gasteiger partial charge in [0.25, 0.3) is 0 Å². The van der Waals surface area contributed by atoms with E-state index in [1.165, 1.54) is 0 Å². The predicted molar refractivity (Wildman–Crippen MR) is 66.1 cm³/mol. The Balaban J connectivity index is 2.47. The van der Waals surface area contributed by atoms with Crippen molar-refractivity contribution in [3.05, 3.63) is 11.4 Å². The summed E-state index contributed by atoms with van der Waals surface area (Å²) in [6.07, 6.45) is 1.25. The molecule has 0 atom stereocenters. The van der Waals surface area contributed by atoms with E-state index in [1.54, 1.807) is 18.4 Å². The molecule has 0 aliphatic carbocycles. The summed E-state index contributed by atoms with van der Waals surface area (Å²) >= 11 is 1.05. The maximum absolute atomic E-state index is 11.6. The van der Waals surface area contributed by atoms with E-state index >= 15 is 0 Å². The van der Waals surface area contributed by atoms with Crippen LogP contribution in [0.4, 0.5) is 0 Å². The maximum Gasteiger partial charge on any atom is 0.334 e. The number of tetrazole rings is 1. The third-order valence-electron chi connectivity index (χ3n) is 2.13. The van der Waals surface area contributed by atoms with Gasteiger partial charge >= 0.3 is 5.97 Å². The molecule has 0 aromatic carbocycles. The van der Waals surface area contributed by atoms with Crippen LogP contribution >= 0.6 is 11.3 Å². The molecule has 0 amide bonds. The summed E-state index contributed by atoms with van der Waals surface area (Å²) in [5.41, 5.74) is 0.307. The Morgan fingerprint density at radius 1 is 1.53 bits per heavy atom. The smallest absolute Gasteiger partial charge is 0.316 e. The number of rotatable bonds is 4. The van der Waals surface area contributed by atoms with Gasteiger partial charge < -0.3 is 4.84 Å². The molecule has 0 N–H and O–H groups in total. The number of nitrogens with zero attached hydrogens (tertiary/aromatic N) is 4. The lowest BCUT2D eigenvalue weighted by atomic mass is 10.3. The van der Waals surface area contributed by atoms with Crippen molar-refractivity contribution < 1.29 is 18.0 Å². The topological polar surface area (TPSA) is 104 Å². The molecule has 2 heterocycles. The largest absolute Gasteiger partial charge is 0.334 e. The van der Waals surface area contributed by atoms with Gasteiger partial charge in [-0.2, -0.15) is 0 Å². The normalized spacial score (nSPS) is 11.5. The van der Waals surface area contributed by atoms with E-state index < -0.39 is 15.8 Å². The molecule has 2 rings (SSSR count). The predicted octanol–water partition coefficient (Wildman–Crippen LogP) is 0.170. The summed E-state index contributed by atoms with van der Waals surface area (Å²) in [6, 6.07) is 1.56. The van der Waals surface area contributed by atoms with Gasteiger partial charge in [-0.25, -0.2) is 13.2 Å². The minimum absolute atomic E-state index is 0.0727. The Bertz CT molecular complexity index is 703. The summed E-state index contributed by atoms with van der Waals surface area (Å²) in [7, 11) is -3.40. The van der Waals surface area contributed by atoms with Crippen molar-refractivity contribution in [2.45, 2.75) is 17.6 Å². The zero-order chi connectivity index (χ0) is 14.0. The first-order chi connectivity index (χ1) is 8.93. The van der Waals surface area contributed by atoms with E-state index in [2.05, 4.69) is 15.5 Å². The molecule has 2 aromatic rings. The fourth-order valence-electron chi connectivity index (χ4n) is 1.31. The quantitative estimate of drug-likeness (QED) is 0.741. The molecular formula is C9H10N4O4S2. The van der Waals surface area contributed by atoms with Crippen LogP contribution in [0.1, 0.15) is 13.3 Å². The fraction of sp³-hybridized carbons (Fsp3) is 0.333. The third kappa shape index (κ3) is 2.79. The van der Waals surface area contributed by atoms with Gasteiger partial charge in [0.05, 0.1) is 5.56 Å². The summed E-state index contributed by atoms with van der Waals surface area (Å²) in [6.45, 7) is 1.62. The van der Waals surface area contributed by atoms with Crippen LogP contribution in [0.5, 0.6) is 0 Å². The molecule has 0 bridgehead atoms. The first kappa shape index (κ1) is 13.6. The van der Waals surface area contributed by atoms with Crippen LogP contribution in [0.15, 0.2) is 15.7 Å². The standard InChI is InChI=1S/C9H10N4O4S2/c1-3-7(14)17-13-8(10-11-12-13)6-4-5-18-9(6)19(2,15)16/h4-5H,3H2,1-2H3. The molecule has 0 unspecified atom stereocenters. The molecule has 0 aliphatic rings. The highest BCUT2D eigenvalue weighted by Crippen LogP contribution is 2.30. The zero-order valence-electron chi connectivity index (χ0n) is 10.1. The van der Waals surface area contributed by atoms with E-state index in [9.17, 15) is 13.2 Å². The van der Waals surface area contributed by atoms with E-state index in [0.717, 1.165) is 22.4 Å². The van der Waals surface area contributed by atoms with Crippen LogP contribution in [0.3, 0.4) is 0 Å². The molecule has 0 aliphatic heterocycles. The molecule has 102 valence electrons. The molecule has 10 heteroatoms. The molecular weight excluding hydrogens is 292 g/mol. The van der Waals surface area contributed by atoms with Gasteiger partial charge in [-0.15, -0.1) is 16.4 Å². The molecule has 19 heavy (non-hydrogen) atoms. The van der Waals surface area contributed by atoms with Crippen LogP contribution in [-0.4, -0.2) is 41.0 Å². The van der Waals surface area contributed by atoms with Gasteiger partial charge in [0.1, 0.15) is 4.21 Å². The average molecular weight is 302 g/mol. The highest BCUT2D eigenvalue weighted by Gasteiger charge is 2.22. The highest BCUT2D eigenvalue weighted by atomic mass is 32.2. The molecule has 0 spiro atoms. The van der Waals surface area contributed by atoms with E-state index in [-0.39, 0.29) is 16.5 Å². The number of hydrogen-bond donors (Lipinski definition) is 0. The molecule has 8 nitrogen and oxygen atoms in total. The van der Waals surface area contributed by atoms with Crippen LogP contribution in [0.25, 0.3) is 11.4 Å². The molecule has 0 saturated carbocycles. The number of carbonyl (C=O) groups is 1. The Morgan fingerprint density at radius 2 is 2.26 bits per heavy atom. The van der Waals surface area contributed by atoms with Crippen molar-refractivity contribution >= 4 is 27.1 Å². The van der Waals surface area contributed by atoms with Crippen LogP contribution in [0.2, 0.25) is 0 Å². The lowest BCUT2D eigenvalue weighted by Crippen LogP contribution is -2.21. The van der Waals surface area contributed by atoms with Gasteiger partial charge in [0.15, 0.2) is 9.84 Å². The van der Waals surface area contributed by atoms with Crippen LogP contribution in [-0.2, 0) is 14.6 Å². The Labute approximate surface area is 112 Å². The number of hydrogen-bond acceptors (Lipinski definition) is 8. The summed E-state index contributed by atoms with van der Waals surface area (Å²) in [5, 5.41) is 12.2. The molecule has 0 fully saturated rings. The van der Waals surface area contributed by atoms with Gasteiger partial charge in [-0.05, 0) is 26.7 Å². The lowest BCUT2D eigenvalue weighted by Gasteiger charge is -2.03. The SMILES string of the molecule is CCC(=O)On1nnnc1-c1ccsc1S(C)(=O)=O. The van der Waals surface area contributed by atoms with E-state index in [1.807, 2.05) is 0 Å². The summed E-state index contributed by atoms with van der Waals surface area (Å²) in [4.78, 5) is 16.9. The Hall–Kier alpha value is -1.81. The zero-order valence-corrected chi connectivity index (χ0v) is 11.7. The number of carbonyl (C=O) groups excluding carboxylic acids is 1. The number of aromatic nitrogens is 4. The van der Waals surface area contributed by atoms with Gasteiger partial charge in [-0.1, -0.05) is 6.92 Å². The molecule has 0 radical (unpaired) electrons. The third-order valence-corrected chi connectivity index (χ3v) is 4.92. The van der Waals surface area contributed by atoms with Crippen molar-refractivity contribution in [2.24, 2.45) is 0 Å². The van der Waals surface area contributed by atoms with Crippen molar-refractivity contribution in [3.8, 4) is 11.4 Å². The summed E-state index contributed by atoms with van der Waals surface area (Å²) < 4.78 is 23.4. The van der Waals surface area contributed by atoms with E-state index in [4.69, 9.17) is 4.84 Å². The second-order valence-corrected chi connectivity index (χ2v) is 6.71. The first-order valence-electron chi connectivity index (χ1n) is 5.21. The second kappa shape index (κ2) is 5.05. The Morgan fingerprint density at radius 3 is 2.89 bits per heavy atom. The first-order valence-corrected chi connectivity index (χ1v) is 7.98. The average Bonchev–Trinajstić information content (AvgIpc) is 2.94. The second-order valence-electron chi connectivity index (χ2n) is 3.59. The Kier molecular flexibility index (Phi) is 3.62. The monoisotopic (exact) mass is 302 g/mol. The maximum atomic E-state index is 11.6. The van der Waals surface area contributed by atoms with Crippen molar-refractivity contribution in [1.29, 1.82) is 0 Å². The van der Waals surface area contributed by atoms with Gasteiger partial charge in [0.2, 0.25) is 5.82 Å². The summed E-state index contributed by atoms with van der Waals surface area (Å²) in [5.74, 6) is -0.451. The lowest BCUT2D eigenvalue weighted by molar-refractivity contribution is -0.145. The van der Waals surface area contributed by atoms with E-state index in [0.29, 0.717) is 5.56 Å². The van der Waals surface area contributed by atoms with Gasteiger partial charge in [0, 0.05) is 12.7 Å².